The zero-order chi connectivity index (χ0) is 17.9. The minimum Gasteiger partial charge on any atom is -0.495 e. The number of nitrogens with one attached hydrogen (secondary N) is 1. The summed E-state index contributed by atoms with van der Waals surface area (Å²) in [6.45, 7) is 0. The predicted molar refractivity (Wildman–Crippen MR) is 90.4 cm³/mol. The monoisotopic (exact) mass is 352 g/mol. The Hall–Kier alpha value is -2.62. The molecule has 1 saturated heterocycles. The van der Waals surface area contributed by atoms with Gasteiger partial charge in [-0.3, -0.25) is 29.6 Å². The van der Waals surface area contributed by atoms with Crippen LogP contribution in [-0.2, 0) is 9.59 Å². The van der Waals surface area contributed by atoms with Gasteiger partial charge >= 0.3 is 0 Å². The van der Waals surface area contributed by atoms with Gasteiger partial charge in [-0.15, -0.1) is 0 Å². The van der Waals surface area contributed by atoms with E-state index in [4.69, 9.17) is 4.74 Å². The van der Waals surface area contributed by atoms with Gasteiger partial charge in [0, 0.05) is 32.6 Å². The number of benzene rings is 1. The summed E-state index contributed by atoms with van der Waals surface area (Å²) in [5, 5.41) is 13.4. The summed E-state index contributed by atoms with van der Waals surface area (Å²) in [6, 6.07) is 3.90. The van der Waals surface area contributed by atoms with Crippen LogP contribution in [0.3, 0.4) is 0 Å². The van der Waals surface area contributed by atoms with Crippen molar-refractivity contribution in [2.24, 2.45) is 4.99 Å². The molecule has 1 atom stereocenters. The summed E-state index contributed by atoms with van der Waals surface area (Å²) in [6.07, 6.45) is -0.0707. The van der Waals surface area contributed by atoms with E-state index in [0.29, 0.717) is 10.9 Å². The van der Waals surface area contributed by atoms with Crippen molar-refractivity contribution in [3.63, 3.8) is 0 Å². The van der Waals surface area contributed by atoms with Crippen LogP contribution in [0, 0.1) is 10.1 Å². The molecule has 1 N–H and O–H groups in total. The normalized spacial score (nSPS) is 18.8. The van der Waals surface area contributed by atoms with E-state index in [1.165, 1.54) is 42.0 Å². The fourth-order valence-electron chi connectivity index (χ4n) is 2.18. The molecule has 0 aromatic heterocycles. The van der Waals surface area contributed by atoms with Crippen molar-refractivity contribution in [1.82, 2.24) is 4.90 Å². The summed E-state index contributed by atoms with van der Waals surface area (Å²) in [7, 11) is 4.56. The number of nitrogens with zero attached hydrogens (tertiary/aromatic N) is 3. The standard InChI is InChI=1S/C14H16N4O5S/c1-15-14-17(2)13(20)11(24-14)7-12(19)16-9-6-8(18(21)22)4-5-10(9)23-3/h4-6,11H,7H2,1-3H3,(H,16,19)/t11-/m1/s1. The average molecular weight is 352 g/mol. The fourth-order valence-corrected chi connectivity index (χ4v) is 3.28. The number of non-ortho nitro benzene ring substituents is 1. The van der Waals surface area contributed by atoms with Gasteiger partial charge in [-0.1, -0.05) is 11.8 Å². The topological polar surface area (TPSA) is 114 Å². The average Bonchev–Trinajstić information content (AvgIpc) is 2.82. The van der Waals surface area contributed by atoms with Gasteiger partial charge in [-0.25, -0.2) is 0 Å². The molecular formula is C14H16N4O5S. The van der Waals surface area contributed by atoms with Crippen LogP contribution < -0.4 is 10.1 Å². The van der Waals surface area contributed by atoms with Gasteiger partial charge in [-0.05, 0) is 6.07 Å². The largest absolute Gasteiger partial charge is 0.495 e. The number of anilines is 1. The van der Waals surface area contributed by atoms with Crippen LogP contribution in [0.5, 0.6) is 5.75 Å². The Bertz CT molecular complexity index is 721. The lowest BCUT2D eigenvalue weighted by Crippen LogP contribution is -2.30. The third-order valence-electron chi connectivity index (χ3n) is 3.37. The smallest absolute Gasteiger partial charge is 0.271 e. The third kappa shape index (κ3) is 3.65. The molecule has 1 aliphatic heterocycles. The molecule has 1 fully saturated rings. The Morgan fingerprint density at radius 2 is 2.25 bits per heavy atom. The maximum atomic E-state index is 12.2. The van der Waals surface area contributed by atoms with E-state index in [2.05, 4.69) is 10.3 Å². The first-order valence-electron chi connectivity index (χ1n) is 6.90. The van der Waals surface area contributed by atoms with Crippen molar-refractivity contribution >= 4 is 40.1 Å². The van der Waals surface area contributed by atoms with Crippen molar-refractivity contribution < 1.29 is 19.2 Å². The molecule has 0 aliphatic carbocycles. The highest BCUT2D eigenvalue weighted by Gasteiger charge is 2.36. The number of aliphatic imine (C=N–C) groups is 1. The molecule has 1 aliphatic rings. The van der Waals surface area contributed by atoms with Crippen LogP contribution in [0.2, 0.25) is 0 Å². The van der Waals surface area contributed by atoms with Gasteiger partial charge in [0.25, 0.3) is 5.69 Å². The molecule has 0 bridgehead atoms. The van der Waals surface area contributed by atoms with Gasteiger partial charge in [-0.2, -0.15) is 0 Å². The van der Waals surface area contributed by atoms with Gasteiger partial charge in [0.1, 0.15) is 11.0 Å². The zero-order valence-corrected chi connectivity index (χ0v) is 14.1. The fraction of sp³-hybridized carbons (Fsp3) is 0.357. The molecule has 10 heteroatoms. The lowest BCUT2D eigenvalue weighted by atomic mass is 10.2. The number of amidine groups is 1. The number of ether oxygens (including phenoxy) is 1. The van der Waals surface area contributed by atoms with Gasteiger partial charge in [0.05, 0.1) is 17.7 Å². The highest BCUT2D eigenvalue weighted by molar-refractivity contribution is 8.15. The second-order valence-electron chi connectivity index (χ2n) is 4.90. The molecule has 2 amide bonds. The molecule has 128 valence electrons. The number of nitro benzene ring substituents is 1. The minimum atomic E-state index is -0.571. The molecule has 9 nitrogen and oxygen atoms in total. The van der Waals surface area contributed by atoms with Crippen molar-refractivity contribution in [2.45, 2.75) is 11.7 Å². The van der Waals surface area contributed by atoms with Gasteiger partial charge in [0.2, 0.25) is 11.8 Å². The number of hydrogen-bond acceptors (Lipinski definition) is 7. The lowest BCUT2D eigenvalue weighted by molar-refractivity contribution is -0.384. The summed E-state index contributed by atoms with van der Waals surface area (Å²) in [4.78, 5) is 39.9. The molecule has 1 heterocycles. The number of methoxy groups -OCH3 is 1. The molecule has 1 aromatic rings. The molecule has 0 radical (unpaired) electrons. The minimum absolute atomic E-state index is 0.0707. The first-order chi connectivity index (χ1) is 11.4. The SMILES string of the molecule is CN=C1S[C@H](CC(=O)Nc2cc([N+](=O)[O-])ccc2OC)C(=O)N1C. The maximum Gasteiger partial charge on any atom is 0.271 e. The lowest BCUT2D eigenvalue weighted by Gasteiger charge is -2.11. The van der Waals surface area contributed by atoms with Crippen molar-refractivity contribution in [3.05, 3.63) is 28.3 Å². The number of rotatable bonds is 5. The van der Waals surface area contributed by atoms with Crippen molar-refractivity contribution in [2.75, 3.05) is 26.5 Å². The van der Waals surface area contributed by atoms with Gasteiger partial charge in [0.15, 0.2) is 5.17 Å². The number of thioether (sulfide) groups is 1. The Labute approximate surface area is 142 Å². The molecule has 0 saturated carbocycles. The van der Waals surface area contributed by atoms with E-state index in [9.17, 15) is 19.7 Å². The number of hydrogen-bond donors (Lipinski definition) is 1. The second kappa shape index (κ2) is 7.30. The van der Waals surface area contributed by atoms with Crippen LogP contribution in [0.25, 0.3) is 0 Å². The Balaban J connectivity index is 2.11. The number of carbonyl (C=O) groups excluding carboxylic acids is 2. The summed E-state index contributed by atoms with van der Waals surface area (Å²) in [5.41, 5.74) is 0.0161. The molecule has 1 aromatic carbocycles. The first kappa shape index (κ1) is 17.7. The third-order valence-corrected chi connectivity index (χ3v) is 4.69. The van der Waals surface area contributed by atoms with Crippen LogP contribution >= 0.6 is 11.8 Å². The van der Waals surface area contributed by atoms with Gasteiger partial charge < -0.3 is 10.1 Å². The predicted octanol–water partition coefficient (Wildman–Crippen LogP) is 1.49. The number of amides is 2. The Morgan fingerprint density at radius 3 is 2.79 bits per heavy atom. The number of nitro groups is 1. The summed E-state index contributed by atoms with van der Waals surface area (Å²) in [5.74, 6) is -0.348. The van der Waals surface area contributed by atoms with Crippen LogP contribution in [0.15, 0.2) is 23.2 Å². The molecule has 24 heavy (non-hydrogen) atoms. The van der Waals surface area contributed by atoms with E-state index in [-0.39, 0.29) is 23.7 Å². The zero-order valence-electron chi connectivity index (χ0n) is 13.3. The highest BCUT2D eigenvalue weighted by atomic mass is 32.2. The van der Waals surface area contributed by atoms with Crippen molar-refractivity contribution in [3.8, 4) is 5.75 Å². The van der Waals surface area contributed by atoms with E-state index in [1.807, 2.05) is 0 Å². The van der Waals surface area contributed by atoms with Crippen LogP contribution in [0.4, 0.5) is 11.4 Å². The quantitative estimate of drug-likeness (QED) is 0.634. The Kier molecular flexibility index (Phi) is 5.39. The van der Waals surface area contributed by atoms with E-state index >= 15 is 0 Å². The molecule has 2 rings (SSSR count). The van der Waals surface area contributed by atoms with Crippen LogP contribution in [-0.4, -0.2) is 53.3 Å². The number of carbonyl (C=O) groups is 2. The van der Waals surface area contributed by atoms with Crippen LogP contribution in [0.1, 0.15) is 6.42 Å². The summed E-state index contributed by atoms with van der Waals surface area (Å²) >= 11 is 1.21. The summed E-state index contributed by atoms with van der Waals surface area (Å²) < 4.78 is 5.09. The van der Waals surface area contributed by atoms with Crippen molar-refractivity contribution in [1.29, 1.82) is 0 Å². The Morgan fingerprint density at radius 1 is 1.54 bits per heavy atom. The highest BCUT2D eigenvalue weighted by Crippen LogP contribution is 2.31. The molecule has 0 unspecified atom stereocenters. The molecule has 0 spiro atoms. The van der Waals surface area contributed by atoms with E-state index in [0.717, 1.165) is 0 Å². The molecular weight excluding hydrogens is 336 g/mol. The van der Waals surface area contributed by atoms with E-state index < -0.39 is 16.1 Å². The first-order valence-corrected chi connectivity index (χ1v) is 7.78. The van der Waals surface area contributed by atoms with E-state index in [1.54, 1.807) is 14.1 Å². The second-order valence-corrected chi connectivity index (χ2v) is 6.07. The maximum absolute atomic E-state index is 12.2.